The van der Waals surface area contributed by atoms with Crippen LogP contribution in [0.15, 0.2) is 6.07 Å². The molecule has 0 bridgehead atoms. The standard InChI is InChI=1S/C13H25N3/c1-5-7-11(3)10-14-13-9-12(8-6-2)15-16(13)4/h9,11,14H,5-8,10H2,1-4H3. The van der Waals surface area contributed by atoms with E-state index < -0.39 is 0 Å². The van der Waals surface area contributed by atoms with E-state index >= 15 is 0 Å². The van der Waals surface area contributed by atoms with Crippen molar-refractivity contribution in [3.05, 3.63) is 11.8 Å². The molecule has 0 aliphatic heterocycles. The Morgan fingerprint density at radius 1 is 1.38 bits per heavy atom. The van der Waals surface area contributed by atoms with E-state index in [0.717, 1.165) is 31.1 Å². The number of anilines is 1. The molecule has 0 radical (unpaired) electrons. The predicted molar refractivity (Wildman–Crippen MR) is 69.8 cm³/mol. The third kappa shape index (κ3) is 3.87. The molecule has 0 spiro atoms. The van der Waals surface area contributed by atoms with Gasteiger partial charge in [0.2, 0.25) is 0 Å². The molecule has 1 heterocycles. The fourth-order valence-corrected chi connectivity index (χ4v) is 1.94. The monoisotopic (exact) mass is 223 g/mol. The van der Waals surface area contributed by atoms with Gasteiger partial charge >= 0.3 is 0 Å². The maximum Gasteiger partial charge on any atom is 0.124 e. The van der Waals surface area contributed by atoms with Crippen LogP contribution in [0.5, 0.6) is 0 Å². The summed E-state index contributed by atoms with van der Waals surface area (Å²) in [4.78, 5) is 0. The van der Waals surface area contributed by atoms with Crippen molar-refractivity contribution in [3.8, 4) is 0 Å². The minimum atomic E-state index is 0.731. The zero-order valence-corrected chi connectivity index (χ0v) is 11.1. The Balaban J connectivity index is 2.46. The van der Waals surface area contributed by atoms with Gasteiger partial charge in [-0.05, 0) is 18.8 Å². The number of aryl methyl sites for hydroxylation is 2. The SMILES string of the molecule is CCCc1cc(NCC(C)CCC)n(C)n1. The summed E-state index contributed by atoms with van der Waals surface area (Å²) in [6.07, 6.45) is 4.77. The van der Waals surface area contributed by atoms with Crippen molar-refractivity contribution in [3.63, 3.8) is 0 Å². The van der Waals surface area contributed by atoms with Crippen LogP contribution in [0.4, 0.5) is 5.82 Å². The van der Waals surface area contributed by atoms with Gasteiger partial charge in [-0.25, -0.2) is 0 Å². The summed E-state index contributed by atoms with van der Waals surface area (Å²) in [7, 11) is 2.01. The number of hydrogen-bond acceptors (Lipinski definition) is 2. The highest BCUT2D eigenvalue weighted by Crippen LogP contribution is 2.12. The summed E-state index contributed by atoms with van der Waals surface area (Å²) in [5, 5.41) is 7.96. The lowest BCUT2D eigenvalue weighted by Gasteiger charge is -2.12. The van der Waals surface area contributed by atoms with Crippen LogP contribution < -0.4 is 5.32 Å². The van der Waals surface area contributed by atoms with Crippen molar-refractivity contribution in [2.24, 2.45) is 13.0 Å². The van der Waals surface area contributed by atoms with E-state index in [2.05, 4.69) is 37.3 Å². The van der Waals surface area contributed by atoms with E-state index in [1.807, 2.05) is 11.7 Å². The van der Waals surface area contributed by atoms with Crippen LogP contribution in [0.2, 0.25) is 0 Å². The van der Waals surface area contributed by atoms with Gasteiger partial charge in [0.15, 0.2) is 0 Å². The molecule has 3 nitrogen and oxygen atoms in total. The molecule has 1 atom stereocenters. The van der Waals surface area contributed by atoms with Crippen molar-refractivity contribution in [1.82, 2.24) is 9.78 Å². The molecule has 16 heavy (non-hydrogen) atoms. The van der Waals surface area contributed by atoms with E-state index in [9.17, 15) is 0 Å². The van der Waals surface area contributed by atoms with Crippen LogP contribution in [-0.4, -0.2) is 16.3 Å². The third-order valence-electron chi connectivity index (χ3n) is 2.85. The zero-order chi connectivity index (χ0) is 12.0. The number of rotatable bonds is 7. The van der Waals surface area contributed by atoms with Crippen molar-refractivity contribution >= 4 is 5.82 Å². The topological polar surface area (TPSA) is 29.9 Å². The van der Waals surface area contributed by atoms with E-state index in [1.165, 1.54) is 18.5 Å². The molecular weight excluding hydrogens is 198 g/mol. The predicted octanol–water partition coefficient (Wildman–Crippen LogP) is 3.22. The molecule has 1 unspecified atom stereocenters. The van der Waals surface area contributed by atoms with Crippen LogP contribution in [0.3, 0.4) is 0 Å². The Morgan fingerprint density at radius 3 is 2.75 bits per heavy atom. The van der Waals surface area contributed by atoms with Crippen LogP contribution >= 0.6 is 0 Å². The summed E-state index contributed by atoms with van der Waals surface area (Å²) in [6, 6.07) is 2.17. The van der Waals surface area contributed by atoms with E-state index in [-0.39, 0.29) is 0 Å². The molecule has 0 amide bonds. The second kappa shape index (κ2) is 6.56. The van der Waals surface area contributed by atoms with E-state index in [1.54, 1.807) is 0 Å². The Kier molecular flexibility index (Phi) is 5.36. The van der Waals surface area contributed by atoms with Crippen LogP contribution in [0.25, 0.3) is 0 Å². The summed E-state index contributed by atoms with van der Waals surface area (Å²) in [5.41, 5.74) is 1.19. The second-order valence-electron chi connectivity index (χ2n) is 4.67. The summed E-state index contributed by atoms with van der Waals surface area (Å²) < 4.78 is 1.95. The Bertz CT molecular complexity index is 304. The van der Waals surface area contributed by atoms with Crippen LogP contribution in [0.1, 0.15) is 45.7 Å². The van der Waals surface area contributed by atoms with Gasteiger partial charge in [-0.1, -0.05) is 33.6 Å². The largest absolute Gasteiger partial charge is 0.370 e. The minimum absolute atomic E-state index is 0.731. The molecule has 0 fully saturated rings. The molecule has 92 valence electrons. The highest BCUT2D eigenvalue weighted by molar-refractivity contribution is 5.36. The molecule has 0 saturated heterocycles. The number of nitrogens with one attached hydrogen (secondary N) is 1. The molecule has 1 aromatic rings. The quantitative estimate of drug-likeness (QED) is 0.769. The molecule has 0 saturated carbocycles. The average molecular weight is 223 g/mol. The van der Waals surface area contributed by atoms with Gasteiger partial charge in [0.05, 0.1) is 5.69 Å². The van der Waals surface area contributed by atoms with Gasteiger partial charge < -0.3 is 5.32 Å². The summed E-state index contributed by atoms with van der Waals surface area (Å²) in [5.74, 6) is 1.88. The molecule has 3 heteroatoms. The maximum atomic E-state index is 4.48. The fraction of sp³-hybridized carbons (Fsp3) is 0.769. The number of hydrogen-bond donors (Lipinski definition) is 1. The smallest absolute Gasteiger partial charge is 0.124 e. The van der Waals surface area contributed by atoms with Crippen molar-refractivity contribution < 1.29 is 0 Å². The molecule has 0 aliphatic carbocycles. The van der Waals surface area contributed by atoms with Crippen molar-refractivity contribution in [2.75, 3.05) is 11.9 Å². The summed E-state index contributed by atoms with van der Waals surface area (Å²) >= 11 is 0. The van der Waals surface area contributed by atoms with E-state index in [0.29, 0.717) is 0 Å². The fourth-order valence-electron chi connectivity index (χ4n) is 1.94. The van der Waals surface area contributed by atoms with E-state index in [4.69, 9.17) is 0 Å². The van der Waals surface area contributed by atoms with Gasteiger partial charge in [0.25, 0.3) is 0 Å². The summed E-state index contributed by atoms with van der Waals surface area (Å²) in [6.45, 7) is 7.75. The molecule has 1 rings (SSSR count). The Morgan fingerprint density at radius 2 is 2.12 bits per heavy atom. The van der Waals surface area contributed by atoms with Gasteiger partial charge in [-0.15, -0.1) is 0 Å². The first kappa shape index (κ1) is 13.1. The van der Waals surface area contributed by atoms with Crippen LogP contribution in [-0.2, 0) is 13.5 Å². The minimum Gasteiger partial charge on any atom is -0.370 e. The lowest BCUT2D eigenvalue weighted by atomic mass is 10.1. The van der Waals surface area contributed by atoms with Crippen molar-refractivity contribution in [2.45, 2.75) is 46.5 Å². The Labute approximate surface area is 99.2 Å². The molecule has 1 N–H and O–H groups in total. The van der Waals surface area contributed by atoms with Crippen molar-refractivity contribution in [1.29, 1.82) is 0 Å². The van der Waals surface area contributed by atoms with Gasteiger partial charge in [0.1, 0.15) is 5.82 Å². The second-order valence-corrected chi connectivity index (χ2v) is 4.67. The number of aromatic nitrogens is 2. The van der Waals surface area contributed by atoms with Crippen LogP contribution in [0, 0.1) is 5.92 Å². The maximum absolute atomic E-state index is 4.48. The average Bonchev–Trinajstić information content (AvgIpc) is 2.57. The first-order valence-electron chi connectivity index (χ1n) is 6.44. The highest BCUT2D eigenvalue weighted by atomic mass is 15.3. The lowest BCUT2D eigenvalue weighted by Crippen LogP contribution is -2.13. The van der Waals surface area contributed by atoms with Gasteiger partial charge in [0, 0.05) is 19.7 Å². The molecule has 0 aliphatic rings. The van der Waals surface area contributed by atoms with Gasteiger partial charge in [-0.3, -0.25) is 4.68 Å². The normalized spacial score (nSPS) is 12.8. The molecular formula is C13H25N3. The van der Waals surface area contributed by atoms with Gasteiger partial charge in [-0.2, -0.15) is 5.10 Å². The number of nitrogens with zero attached hydrogens (tertiary/aromatic N) is 2. The molecule has 1 aromatic heterocycles. The molecule has 0 aromatic carbocycles. The lowest BCUT2D eigenvalue weighted by molar-refractivity contribution is 0.548. The first-order chi connectivity index (χ1) is 7.67. The Hall–Kier alpha value is -0.990. The first-order valence-corrected chi connectivity index (χ1v) is 6.44. The highest BCUT2D eigenvalue weighted by Gasteiger charge is 2.05. The zero-order valence-electron chi connectivity index (χ0n) is 11.1. The third-order valence-corrected chi connectivity index (χ3v) is 2.85.